The van der Waals surface area contributed by atoms with Gasteiger partial charge in [-0.3, -0.25) is 4.90 Å². The van der Waals surface area contributed by atoms with Crippen molar-refractivity contribution in [2.24, 2.45) is 0 Å². The molecule has 134 valence electrons. The summed E-state index contributed by atoms with van der Waals surface area (Å²) in [6, 6.07) is 4.69. The van der Waals surface area contributed by atoms with E-state index in [9.17, 15) is 18.0 Å². The summed E-state index contributed by atoms with van der Waals surface area (Å²) >= 11 is 0. The molecular formula is C17H23F3N2O2. The number of hydrogen-bond acceptors (Lipinski definition) is 3. The summed E-state index contributed by atoms with van der Waals surface area (Å²) in [6.07, 6.45) is -4.20. The molecule has 0 radical (unpaired) electrons. The quantitative estimate of drug-likeness (QED) is 0.838. The Kier molecular flexibility index (Phi) is 5.42. The molecule has 1 N–H and O–H groups in total. The molecule has 1 heterocycles. The van der Waals surface area contributed by atoms with E-state index in [4.69, 9.17) is 4.74 Å². The van der Waals surface area contributed by atoms with Crippen molar-refractivity contribution >= 4 is 6.09 Å². The first-order valence-corrected chi connectivity index (χ1v) is 7.95. The van der Waals surface area contributed by atoms with E-state index in [1.54, 1.807) is 25.7 Å². The van der Waals surface area contributed by atoms with Gasteiger partial charge in [-0.25, -0.2) is 4.79 Å². The van der Waals surface area contributed by atoms with Gasteiger partial charge in [0.05, 0.1) is 11.6 Å². The zero-order valence-corrected chi connectivity index (χ0v) is 14.1. The number of nitrogens with one attached hydrogen (secondary N) is 1. The molecule has 4 nitrogen and oxygen atoms in total. The lowest BCUT2D eigenvalue weighted by atomic mass is 10.0. The largest absolute Gasteiger partial charge is 0.444 e. The van der Waals surface area contributed by atoms with Crippen molar-refractivity contribution in [3.05, 3.63) is 35.4 Å². The number of benzene rings is 1. The Bertz CT molecular complexity index is 565. The second-order valence-electron chi connectivity index (χ2n) is 6.85. The molecule has 0 saturated carbocycles. The number of rotatable bonds is 1. The average Bonchev–Trinajstić information content (AvgIpc) is 2.70. The number of nitrogens with zero attached hydrogens (tertiary/aromatic N) is 1. The van der Waals surface area contributed by atoms with Crippen LogP contribution in [0.25, 0.3) is 0 Å². The minimum atomic E-state index is -4.37. The maximum Gasteiger partial charge on any atom is 0.416 e. The van der Waals surface area contributed by atoms with Crippen molar-refractivity contribution in [1.29, 1.82) is 0 Å². The van der Waals surface area contributed by atoms with E-state index in [1.165, 1.54) is 12.1 Å². The highest BCUT2D eigenvalue weighted by Crippen LogP contribution is 2.32. The molecule has 1 aliphatic rings. The Labute approximate surface area is 140 Å². The number of hydrogen-bond donors (Lipinski definition) is 1. The van der Waals surface area contributed by atoms with Gasteiger partial charge in [-0.2, -0.15) is 13.2 Å². The molecule has 1 saturated heterocycles. The first-order valence-electron chi connectivity index (χ1n) is 7.95. The van der Waals surface area contributed by atoms with Crippen LogP contribution in [0, 0.1) is 0 Å². The third-order valence-corrected chi connectivity index (χ3v) is 3.75. The third kappa shape index (κ3) is 4.87. The third-order valence-electron chi connectivity index (χ3n) is 3.75. The number of alkyl halides is 3. The van der Waals surface area contributed by atoms with Crippen LogP contribution in [-0.4, -0.2) is 36.2 Å². The SMILES string of the molecule is CC(C)(C)OC(=O)N1CCNCCC1c1ccc(C(F)(F)F)cc1. The molecule has 0 aliphatic carbocycles. The lowest BCUT2D eigenvalue weighted by Crippen LogP contribution is -2.40. The zero-order chi connectivity index (χ0) is 18.0. The Morgan fingerprint density at radius 1 is 1.17 bits per heavy atom. The van der Waals surface area contributed by atoms with E-state index in [0.717, 1.165) is 12.1 Å². The van der Waals surface area contributed by atoms with Gasteiger partial charge < -0.3 is 10.1 Å². The van der Waals surface area contributed by atoms with Crippen LogP contribution in [0.4, 0.5) is 18.0 Å². The van der Waals surface area contributed by atoms with Gasteiger partial charge in [-0.15, -0.1) is 0 Å². The van der Waals surface area contributed by atoms with Crippen molar-refractivity contribution < 1.29 is 22.7 Å². The monoisotopic (exact) mass is 344 g/mol. The topological polar surface area (TPSA) is 41.6 Å². The van der Waals surface area contributed by atoms with E-state index in [0.29, 0.717) is 31.6 Å². The summed E-state index contributed by atoms with van der Waals surface area (Å²) in [5.74, 6) is 0. The highest BCUT2D eigenvalue weighted by atomic mass is 19.4. The second kappa shape index (κ2) is 7.01. The van der Waals surface area contributed by atoms with Gasteiger partial charge in [-0.1, -0.05) is 12.1 Å². The molecule has 1 unspecified atom stereocenters. The molecule has 1 aliphatic heterocycles. The predicted octanol–water partition coefficient (Wildman–Crippen LogP) is 3.98. The fraction of sp³-hybridized carbons (Fsp3) is 0.588. The summed E-state index contributed by atoms with van der Waals surface area (Å²) < 4.78 is 43.6. The van der Waals surface area contributed by atoms with Gasteiger partial charge in [0, 0.05) is 13.1 Å². The van der Waals surface area contributed by atoms with Crippen molar-refractivity contribution in [2.75, 3.05) is 19.6 Å². The average molecular weight is 344 g/mol. The molecular weight excluding hydrogens is 321 g/mol. The van der Waals surface area contributed by atoms with Gasteiger partial charge in [0.2, 0.25) is 0 Å². The molecule has 2 rings (SSSR count). The minimum Gasteiger partial charge on any atom is -0.444 e. The van der Waals surface area contributed by atoms with Crippen molar-refractivity contribution in [1.82, 2.24) is 10.2 Å². The highest BCUT2D eigenvalue weighted by Gasteiger charge is 2.33. The van der Waals surface area contributed by atoms with Crippen LogP contribution in [0.5, 0.6) is 0 Å². The van der Waals surface area contributed by atoms with E-state index < -0.39 is 23.4 Å². The first-order chi connectivity index (χ1) is 11.1. The number of amides is 1. The van der Waals surface area contributed by atoms with Crippen LogP contribution in [0.2, 0.25) is 0 Å². The van der Waals surface area contributed by atoms with E-state index in [1.807, 2.05) is 0 Å². The fourth-order valence-corrected chi connectivity index (χ4v) is 2.65. The van der Waals surface area contributed by atoms with Gasteiger partial charge in [0.15, 0.2) is 0 Å². The Balaban J connectivity index is 2.24. The molecule has 1 aromatic carbocycles. The van der Waals surface area contributed by atoms with Gasteiger partial charge in [-0.05, 0) is 51.4 Å². The summed E-state index contributed by atoms with van der Waals surface area (Å²) in [4.78, 5) is 14.1. The number of halogens is 3. The van der Waals surface area contributed by atoms with Crippen molar-refractivity contribution in [2.45, 2.75) is 45.0 Å². The molecule has 7 heteroatoms. The van der Waals surface area contributed by atoms with E-state index >= 15 is 0 Å². The van der Waals surface area contributed by atoms with Gasteiger partial charge in [0.1, 0.15) is 5.60 Å². The second-order valence-corrected chi connectivity index (χ2v) is 6.85. The van der Waals surface area contributed by atoms with Crippen LogP contribution >= 0.6 is 0 Å². The summed E-state index contributed by atoms with van der Waals surface area (Å²) in [5.41, 5.74) is -0.638. The summed E-state index contributed by atoms with van der Waals surface area (Å²) in [7, 11) is 0. The number of carbonyl (C=O) groups excluding carboxylic acids is 1. The van der Waals surface area contributed by atoms with Crippen LogP contribution in [0.1, 0.15) is 44.4 Å². The number of ether oxygens (including phenoxy) is 1. The molecule has 1 aromatic rings. The molecule has 1 atom stereocenters. The number of carbonyl (C=O) groups is 1. The molecule has 24 heavy (non-hydrogen) atoms. The predicted molar refractivity (Wildman–Crippen MR) is 84.6 cm³/mol. The molecule has 0 bridgehead atoms. The van der Waals surface area contributed by atoms with Crippen LogP contribution < -0.4 is 5.32 Å². The summed E-state index contributed by atoms with van der Waals surface area (Å²) in [6.45, 7) is 7.11. The van der Waals surface area contributed by atoms with Crippen LogP contribution in [0.15, 0.2) is 24.3 Å². The Hall–Kier alpha value is -1.76. The summed E-state index contributed by atoms with van der Waals surface area (Å²) in [5, 5.41) is 3.20. The minimum absolute atomic E-state index is 0.308. The van der Waals surface area contributed by atoms with Crippen LogP contribution in [-0.2, 0) is 10.9 Å². The molecule has 1 amide bonds. The van der Waals surface area contributed by atoms with Crippen molar-refractivity contribution in [3.8, 4) is 0 Å². The molecule has 0 aromatic heterocycles. The maximum absolute atomic E-state index is 12.7. The lowest BCUT2D eigenvalue weighted by molar-refractivity contribution is -0.137. The Morgan fingerprint density at radius 2 is 1.79 bits per heavy atom. The Morgan fingerprint density at radius 3 is 2.33 bits per heavy atom. The van der Waals surface area contributed by atoms with Crippen LogP contribution in [0.3, 0.4) is 0 Å². The first kappa shape index (κ1) is 18.6. The normalized spacial score (nSPS) is 19.8. The molecule has 1 fully saturated rings. The highest BCUT2D eigenvalue weighted by molar-refractivity contribution is 5.69. The van der Waals surface area contributed by atoms with Crippen molar-refractivity contribution in [3.63, 3.8) is 0 Å². The lowest BCUT2D eigenvalue weighted by Gasteiger charge is -2.32. The standard InChI is InChI=1S/C17H23F3N2O2/c1-16(2,3)24-15(23)22-11-10-21-9-8-14(22)12-4-6-13(7-5-12)17(18,19)20/h4-7,14,21H,8-11H2,1-3H3. The van der Waals surface area contributed by atoms with E-state index in [2.05, 4.69) is 5.32 Å². The van der Waals surface area contributed by atoms with E-state index in [-0.39, 0.29) is 6.04 Å². The zero-order valence-electron chi connectivity index (χ0n) is 14.1. The molecule has 0 spiro atoms. The van der Waals surface area contributed by atoms with Gasteiger partial charge >= 0.3 is 12.3 Å². The maximum atomic E-state index is 12.7. The van der Waals surface area contributed by atoms with Gasteiger partial charge in [0.25, 0.3) is 0 Å². The smallest absolute Gasteiger partial charge is 0.416 e. The fourth-order valence-electron chi connectivity index (χ4n) is 2.65.